The molecule has 0 aliphatic rings. The maximum atomic E-state index is 10.5. The molecule has 0 spiro atoms. The molecule has 0 aromatic carbocycles. The van der Waals surface area contributed by atoms with Crippen LogP contribution in [-0.2, 0) is 0 Å². The molecule has 2 heterocycles. The normalized spacial score (nSPS) is 10.5. The van der Waals surface area contributed by atoms with Crippen molar-refractivity contribution in [2.24, 2.45) is 0 Å². The van der Waals surface area contributed by atoms with Gasteiger partial charge in [-0.1, -0.05) is 0 Å². The van der Waals surface area contributed by atoms with Crippen LogP contribution in [0.3, 0.4) is 0 Å². The first kappa shape index (κ1) is 11.7. The Labute approximate surface area is 106 Å². The largest absolute Gasteiger partial charge is 0.287 e. The summed E-state index contributed by atoms with van der Waals surface area (Å²) in [5, 5.41) is 14.8. The van der Waals surface area contributed by atoms with Gasteiger partial charge in [-0.3, -0.25) is 10.1 Å². The SMILES string of the molecule is Cc1nn(-c2ccc([N+](=O)[O-])cn2)c(C)c1Br. The average Bonchev–Trinajstić information content (AvgIpc) is 2.57. The van der Waals surface area contributed by atoms with Crippen molar-refractivity contribution in [1.82, 2.24) is 14.8 Å². The molecule has 0 saturated carbocycles. The van der Waals surface area contributed by atoms with E-state index in [1.807, 2.05) is 13.8 Å². The van der Waals surface area contributed by atoms with Crippen molar-refractivity contribution in [3.8, 4) is 5.82 Å². The van der Waals surface area contributed by atoms with Crippen LogP contribution in [0.25, 0.3) is 5.82 Å². The third kappa shape index (κ3) is 2.05. The molecule has 88 valence electrons. The second kappa shape index (κ2) is 4.25. The summed E-state index contributed by atoms with van der Waals surface area (Å²) < 4.78 is 2.56. The van der Waals surface area contributed by atoms with Crippen molar-refractivity contribution in [3.63, 3.8) is 0 Å². The Morgan fingerprint density at radius 2 is 2.12 bits per heavy atom. The van der Waals surface area contributed by atoms with E-state index in [0.717, 1.165) is 15.9 Å². The molecule has 2 rings (SSSR count). The van der Waals surface area contributed by atoms with Crippen molar-refractivity contribution in [2.45, 2.75) is 13.8 Å². The molecule has 0 fully saturated rings. The van der Waals surface area contributed by atoms with Crippen molar-refractivity contribution < 1.29 is 4.92 Å². The Morgan fingerprint density at radius 1 is 1.41 bits per heavy atom. The first-order chi connectivity index (χ1) is 8.00. The molecule has 0 radical (unpaired) electrons. The fourth-order valence-electron chi connectivity index (χ4n) is 1.46. The molecule has 6 nitrogen and oxygen atoms in total. The maximum Gasteiger partial charge on any atom is 0.287 e. The summed E-state index contributed by atoms with van der Waals surface area (Å²) in [6.45, 7) is 3.77. The van der Waals surface area contributed by atoms with Crippen LogP contribution in [0.2, 0.25) is 0 Å². The van der Waals surface area contributed by atoms with Gasteiger partial charge in [-0.05, 0) is 35.8 Å². The zero-order chi connectivity index (χ0) is 12.6. The Kier molecular flexibility index (Phi) is 2.93. The third-order valence-corrected chi connectivity index (χ3v) is 3.51. The van der Waals surface area contributed by atoms with E-state index in [1.54, 1.807) is 10.7 Å². The minimum atomic E-state index is -0.478. The van der Waals surface area contributed by atoms with Gasteiger partial charge < -0.3 is 0 Å². The first-order valence-electron chi connectivity index (χ1n) is 4.83. The number of nitro groups is 1. The molecule has 0 aliphatic carbocycles. The van der Waals surface area contributed by atoms with Gasteiger partial charge in [0, 0.05) is 6.07 Å². The Hall–Kier alpha value is -1.76. The van der Waals surface area contributed by atoms with E-state index in [-0.39, 0.29) is 5.69 Å². The second-order valence-electron chi connectivity index (χ2n) is 3.53. The van der Waals surface area contributed by atoms with Gasteiger partial charge in [0.25, 0.3) is 5.69 Å². The fraction of sp³-hybridized carbons (Fsp3) is 0.200. The van der Waals surface area contributed by atoms with Gasteiger partial charge in [0.15, 0.2) is 5.82 Å². The lowest BCUT2D eigenvalue weighted by molar-refractivity contribution is -0.385. The van der Waals surface area contributed by atoms with Crippen molar-refractivity contribution in [2.75, 3.05) is 0 Å². The predicted molar refractivity (Wildman–Crippen MR) is 65.2 cm³/mol. The topological polar surface area (TPSA) is 73.8 Å². The Balaban J connectivity index is 2.47. The summed E-state index contributed by atoms with van der Waals surface area (Å²) in [6.07, 6.45) is 1.22. The molecular weight excluding hydrogens is 288 g/mol. The molecule has 0 amide bonds. The van der Waals surface area contributed by atoms with Gasteiger partial charge in [-0.15, -0.1) is 0 Å². The number of hydrogen-bond donors (Lipinski definition) is 0. The lowest BCUT2D eigenvalue weighted by atomic mass is 10.4. The van der Waals surface area contributed by atoms with Gasteiger partial charge in [0.05, 0.1) is 20.8 Å². The van der Waals surface area contributed by atoms with Crippen LogP contribution in [0.15, 0.2) is 22.8 Å². The summed E-state index contributed by atoms with van der Waals surface area (Å²) in [5.74, 6) is 0.557. The second-order valence-corrected chi connectivity index (χ2v) is 4.32. The highest BCUT2D eigenvalue weighted by molar-refractivity contribution is 9.10. The molecule has 2 aromatic rings. The van der Waals surface area contributed by atoms with Crippen LogP contribution < -0.4 is 0 Å². The Bertz CT molecular complexity index is 577. The molecule has 0 bridgehead atoms. The molecule has 0 N–H and O–H groups in total. The fourth-order valence-corrected chi connectivity index (χ4v) is 1.71. The van der Waals surface area contributed by atoms with Crippen molar-refractivity contribution in [3.05, 3.63) is 44.3 Å². The van der Waals surface area contributed by atoms with E-state index >= 15 is 0 Å². The maximum absolute atomic E-state index is 10.5. The van der Waals surface area contributed by atoms with Crippen LogP contribution in [0.5, 0.6) is 0 Å². The molecule has 0 saturated heterocycles. The molecule has 2 aromatic heterocycles. The minimum Gasteiger partial charge on any atom is -0.258 e. The van der Waals surface area contributed by atoms with E-state index in [1.165, 1.54) is 12.3 Å². The molecular formula is C10H9BrN4O2. The van der Waals surface area contributed by atoms with Crippen LogP contribution in [0.1, 0.15) is 11.4 Å². The highest BCUT2D eigenvalue weighted by Crippen LogP contribution is 2.22. The Morgan fingerprint density at radius 3 is 2.53 bits per heavy atom. The summed E-state index contributed by atoms with van der Waals surface area (Å²) in [4.78, 5) is 14.1. The van der Waals surface area contributed by atoms with Crippen molar-refractivity contribution >= 4 is 21.6 Å². The average molecular weight is 297 g/mol. The zero-order valence-corrected chi connectivity index (χ0v) is 10.8. The van der Waals surface area contributed by atoms with Crippen molar-refractivity contribution in [1.29, 1.82) is 0 Å². The lowest BCUT2D eigenvalue weighted by Crippen LogP contribution is -2.02. The zero-order valence-electron chi connectivity index (χ0n) is 9.22. The van der Waals surface area contributed by atoms with E-state index < -0.39 is 4.92 Å². The minimum absolute atomic E-state index is 0.0330. The highest BCUT2D eigenvalue weighted by Gasteiger charge is 2.12. The number of nitrogens with zero attached hydrogens (tertiary/aromatic N) is 4. The molecule has 17 heavy (non-hydrogen) atoms. The van der Waals surface area contributed by atoms with Gasteiger partial charge in [0.1, 0.15) is 6.20 Å². The smallest absolute Gasteiger partial charge is 0.258 e. The van der Waals surface area contributed by atoms with Gasteiger partial charge in [-0.25, -0.2) is 9.67 Å². The third-order valence-electron chi connectivity index (χ3n) is 2.36. The monoisotopic (exact) mass is 296 g/mol. The number of pyridine rings is 1. The number of halogens is 1. The quantitative estimate of drug-likeness (QED) is 0.630. The van der Waals surface area contributed by atoms with Gasteiger partial charge in [0.2, 0.25) is 0 Å². The predicted octanol–water partition coefficient (Wildman–Crippen LogP) is 2.55. The summed E-state index contributed by atoms with van der Waals surface area (Å²) in [5.41, 5.74) is 1.72. The molecule has 0 atom stereocenters. The van der Waals surface area contributed by atoms with E-state index in [9.17, 15) is 10.1 Å². The van der Waals surface area contributed by atoms with E-state index in [0.29, 0.717) is 5.82 Å². The summed E-state index contributed by atoms with van der Waals surface area (Å²) >= 11 is 3.42. The number of aryl methyl sites for hydroxylation is 1. The highest BCUT2D eigenvalue weighted by atomic mass is 79.9. The summed E-state index contributed by atoms with van der Waals surface area (Å²) in [7, 11) is 0. The number of aromatic nitrogens is 3. The van der Waals surface area contributed by atoms with E-state index in [2.05, 4.69) is 26.0 Å². The number of rotatable bonds is 2. The summed E-state index contributed by atoms with van der Waals surface area (Å²) in [6, 6.07) is 2.98. The van der Waals surface area contributed by atoms with Gasteiger partial charge in [-0.2, -0.15) is 5.10 Å². The lowest BCUT2D eigenvalue weighted by Gasteiger charge is -2.02. The molecule has 0 unspecified atom stereocenters. The van der Waals surface area contributed by atoms with Gasteiger partial charge >= 0.3 is 0 Å². The van der Waals surface area contributed by atoms with E-state index in [4.69, 9.17) is 0 Å². The first-order valence-corrected chi connectivity index (χ1v) is 5.62. The standard InChI is InChI=1S/C10H9BrN4O2/c1-6-10(11)7(2)14(13-6)9-4-3-8(5-12-9)15(16)17/h3-5H,1-2H3. The number of hydrogen-bond acceptors (Lipinski definition) is 4. The molecule has 0 aliphatic heterocycles. The van der Waals surface area contributed by atoms with Crippen LogP contribution in [0.4, 0.5) is 5.69 Å². The molecule has 7 heteroatoms. The van der Waals surface area contributed by atoms with Crippen LogP contribution in [0, 0.1) is 24.0 Å². The van der Waals surface area contributed by atoms with Crippen LogP contribution in [-0.4, -0.2) is 19.7 Å². The van der Waals surface area contributed by atoms with Crippen LogP contribution >= 0.6 is 15.9 Å².